The van der Waals surface area contributed by atoms with Gasteiger partial charge in [0.15, 0.2) is 5.96 Å². The van der Waals surface area contributed by atoms with Crippen LogP contribution in [0.2, 0.25) is 0 Å². The third-order valence-electron chi connectivity index (χ3n) is 3.03. The summed E-state index contributed by atoms with van der Waals surface area (Å²) in [5.74, 6) is 0.661. The van der Waals surface area contributed by atoms with Crippen molar-refractivity contribution < 1.29 is 0 Å². The number of nitrogens with two attached hydrogens (primary N) is 1. The molecule has 16 heavy (non-hydrogen) atoms. The van der Waals surface area contributed by atoms with E-state index in [1.165, 1.54) is 24.8 Å². The molecule has 2 N–H and O–H groups in total. The van der Waals surface area contributed by atoms with Gasteiger partial charge in [-0.25, -0.2) is 4.99 Å². The molecular weight excluding hydrogens is 198 g/mol. The molecule has 86 valence electrons. The zero-order chi connectivity index (χ0) is 11.4. The number of aryl methyl sites for hydroxylation is 1. The summed E-state index contributed by atoms with van der Waals surface area (Å²) in [5.41, 5.74) is 8.17. The van der Waals surface area contributed by atoms with Crippen LogP contribution < -0.4 is 5.73 Å². The maximum absolute atomic E-state index is 6.03. The van der Waals surface area contributed by atoms with Gasteiger partial charge in [0.1, 0.15) is 0 Å². The molecule has 1 fully saturated rings. The van der Waals surface area contributed by atoms with Crippen LogP contribution in [0.1, 0.15) is 24.8 Å². The Morgan fingerprint density at radius 2 is 1.88 bits per heavy atom. The van der Waals surface area contributed by atoms with Crippen LogP contribution >= 0.6 is 0 Å². The first-order chi connectivity index (χ1) is 7.77. The van der Waals surface area contributed by atoms with Gasteiger partial charge >= 0.3 is 0 Å². The lowest BCUT2D eigenvalue weighted by molar-refractivity contribution is 0.339. The van der Waals surface area contributed by atoms with Gasteiger partial charge in [-0.05, 0) is 37.8 Å². The van der Waals surface area contributed by atoms with Crippen LogP contribution in [-0.4, -0.2) is 23.9 Å². The monoisotopic (exact) mass is 217 g/mol. The number of hydrogen-bond donors (Lipinski definition) is 1. The first-order valence-electron chi connectivity index (χ1n) is 5.92. The molecule has 0 bridgehead atoms. The molecular formula is C13H19N3. The van der Waals surface area contributed by atoms with E-state index in [2.05, 4.69) is 22.9 Å². The lowest BCUT2D eigenvalue weighted by Gasteiger charge is -2.27. The van der Waals surface area contributed by atoms with Crippen molar-refractivity contribution in [1.29, 1.82) is 0 Å². The van der Waals surface area contributed by atoms with Crippen molar-refractivity contribution in [2.24, 2.45) is 10.7 Å². The third-order valence-corrected chi connectivity index (χ3v) is 3.03. The number of piperidine rings is 1. The van der Waals surface area contributed by atoms with E-state index in [9.17, 15) is 0 Å². The smallest absolute Gasteiger partial charge is 0.196 e. The van der Waals surface area contributed by atoms with Crippen molar-refractivity contribution in [3.05, 3.63) is 29.8 Å². The number of aliphatic imine (C=N–C) groups is 1. The number of rotatable bonds is 1. The summed E-state index contributed by atoms with van der Waals surface area (Å²) in [6.07, 6.45) is 3.77. The lowest BCUT2D eigenvalue weighted by Crippen LogP contribution is -2.40. The Labute approximate surface area is 97.0 Å². The van der Waals surface area contributed by atoms with Gasteiger partial charge in [0.25, 0.3) is 0 Å². The average Bonchev–Trinajstić information content (AvgIpc) is 2.33. The number of guanidine groups is 1. The van der Waals surface area contributed by atoms with Gasteiger partial charge in [-0.2, -0.15) is 0 Å². The van der Waals surface area contributed by atoms with Crippen LogP contribution in [0.4, 0.5) is 5.69 Å². The third kappa shape index (κ3) is 2.54. The summed E-state index contributed by atoms with van der Waals surface area (Å²) >= 11 is 0. The highest BCUT2D eigenvalue weighted by Gasteiger charge is 2.11. The Morgan fingerprint density at radius 3 is 2.56 bits per heavy atom. The van der Waals surface area contributed by atoms with Gasteiger partial charge in [-0.3, -0.25) is 0 Å². The van der Waals surface area contributed by atoms with E-state index in [4.69, 9.17) is 5.73 Å². The van der Waals surface area contributed by atoms with E-state index in [1.807, 2.05) is 18.2 Å². The van der Waals surface area contributed by atoms with Crippen LogP contribution in [0.3, 0.4) is 0 Å². The molecule has 0 saturated carbocycles. The summed E-state index contributed by atoms with van der Waals surface area (Å²) in [5, 5.41) is 0. The zero-order valence-electron chi connectivity index (χ0n) is 9.82. The van der Waals surface area contributed by atoms with Gasteiger partial charge in [0.05, 0.1) is 5.69 Å². The number of likely N-dealkylation sites (tertiary alicyclic amines) is 1. The van der Waals surface area contributed by atoms with Gasteiger partial charge in [-0.15, -0.1) is 0 Å². The molecule has 0 unspecified atom stereocenters. The summed E-state index contributed by atoms with van der Waals surface area (Å²) < 4.78 is 0. The number of nitrogens with zero attached hydrogens (tertiary/aromatic N) is 2. The van der Waals surface area contributed by atoms with Gasteiger partial charge < -0.3 is 10.6 Å². The molecule has 0 radical (unpaired) electrons. The minimum atomic E-state index is 0.661. The Kier molecular flexibility index (Phi) is 3.44. The predicted octanol–water partition coefficient (Wildman–Crippen LogP) is 2.43. The molecule has 3 nitrogen and oxygen atoms in total. The minimum Gasteiger partial charge on any atom is -0.369 e. The Morgan fingerprint density at radius 1 is 1.19 bits per heavy atom. The minimum absolute atomic E-state index is 0.661. The molecule has 1 aliphatic heterocycles. The first-order valence-corrected chi connectivity index (χ1v) is 5.92. The molecule has 3 heteroatoms. The molecule has 1 aromatic carbocycles. The number of para-hydroxylation sites is 1. The van der Waals surface area contributed by atoms with E-state index >= 15 is 0 Å². The Hall–Kier alpha value is -1.51. The molecule has 1 aliphatic rings. The van der Waals surface area contributed by atoms with E-state index in [0.717, 1.165) is 18.8 Å². The molecule has 0 aromatic heterocycles. The van der Waals surface area contributed by atoms with E-state index < -0.39 is 0 Å². The molecule has 1 aromatic rings. The van der Waals surface area contributed by atoms with Crippen LogP contribution in [-0.2, 0) is 0 Å². The molecule has 1 saturated heterocycles. The van der Waals surface area contributed by atoms with Gasteiger partial charge in [0.2, 0.25) is 0 Å². The van der Waals surface area contributed by atoms with Crippen LogP contribution in [0.15, 0.2) is 29.3 Å². The number of hydrogen-bond acceptors (Lipinski definition) is 1. The van der Waals surface area contributed by atoms with Crippen LogP contribution in [0.25, 0.3) is 0 Å². The highest BCUT2D eigenvalue weighted by Crippen LogP contribution is 2.18. The second-order valence-electron chi connectivity index (χ2n) is 4.30. The van der Waals surface area contributed by atoms with Crippen LogP contribution in [0.5, 0.6) is 0 Å². The average molecular weight is 217 g/mol. The predicted molar refractivity (Wildman–Crippen MR) is 67.9 cm³/mol. The van der Waals surface area contributed by atoms with E-state index in [1.54, 1.807) is 0 Å². The van der Waals surface area contributed by atoms with Crippen molar-refractivity contribution >= 4 is 11.6 Å². The van der Waals surface area contributed by atoms with Crippen LogP contribution in [0, 0.1) is 6.92 Å². The van der Waals surface area contributed by atoms with E-state index in [0.29, 0.717) is 5.96 Å². The highest BCUT2D eigenvalue weighted by atomic mass is 15.3. The summed E-state index contributed by atoms with van der Waals surface area (Å²) in [6.45, 7) is 4.14. The molecule has 0 atom stereocenters. The second-order valence-corrected chi connectivity index (χ2v) is 4.30. The van der Waals surface area contributed by atoms with Gasteiger partial charge in [-0.1, -0.05) is 18.2 Å². The first kappa shape index (κ1) is 11.0. The fourth-order valence-electron chi connectivity index (χ4n) is 2.01. The molecule has 0 aliphatic carbocycles. The Balaban J connectivity index is 2.13. The van der Waals surface area contributed by atoms with Crippen molar-refractivity contribution in [2.45, 2.75) is 26.2 Å². The lowest BCUT2D eigenvalue weighted by atomic mass is 10.1. The second kappa shape index (κ2) is 5.01. The summed E-state index contributed by atoms with van der Waals surface area (Å²) in [7, 11) is 0. The Bertz CT molecular complexity index is 379. The maximum atomic E-state index is 6.03. The topological polar surface area (TPSA) is 41.6 Å². The molecule has 0 amide bonds. The zero-order valence-corrected chi connectivity index (χ0v) is 9.82. The van der Waals surface area contributed by atoms with Gasteiger partial charge in [0, 0.05) is 13.1 Å². The summed E-state index contributed by atoms with van der Waals surface area (Å²) in [6, 6.07) is 8.08. The standard InChI is InChI=1S/C13H19N3/c1-11-7-3-4-8-12(11)15-13(14)16-9-5-2-6-10-16/h3-4,7-8H,2,5-6,9-10H2,1H3,(H2,14,15). The SMILES string of the molecule is Cc1ccccc1N=C(N)N1CCCCC1. The van der Waals surface area contributed by atoms with Crippen molar-refractivity contribution in [3.8, 4) is 0 Å². The fraction of sp³-hybridized carbons (Fsp3) is 0.462. The normalized spacial score (nSPS) is 17.6. The van der Waals surface area contributed by atoms with Crippen molar-refractivity contribution in [1.82, 2.24) is 4.90 Å². The largest absolute Gasteiger partial charge is 0.369 e. The quantitative estimate of drug-likeness (QED) is 0.580. The molecule has 2 rings (SSSR count). The maximum Gasteiger partial charge on any atom is 0.196 e. The van der Waals surface area contributed by atoms with Crippen molar-refractivity contribution in [3.63, 3.8) is 0 Å². The van der Waals surface area contributed by atoms with E-state index in [-0.39, 0.29) is 0 Å². The highest BCUT2D eigenvalue weighted by molar-refractivity contribution is 5.81. The molecule has 0 spiro atoms. The fourth-order valence-corrected chi connectivity index (χ4v) is 2.01. The summed E-state index contributed by atoms with van der Waals surface area (Å²) in [4.78, 5) is 6.68. The molecule has 1 heterocycles. The van der Waals surface area contributed by atoms with Crippen molar-refractivity contribution in [2.75, 3.05) is 13.1 Å². The number of benzene rings is 1.